The Bertz CT molecular complexity index is 575. The van der Waals surface area contributed by atoms with Crippen LogP contribution in [0, 0.1) is 5.92 Å². The smallest absolute Gasteiger partial charge is 0.219 e. The van der Waals surface area contributed by atoms with Crippen LogP contribution >= 0.6 is 0 Å². The maximum atomic E-state index is 11.2. The molecule has 2 atom stereocenters. The van der Waals surface area contributed by atoms with E-state index >= 15 is 0 Å². The first-order valence-electron chi connectivity index (χ1n) is 8.13. The van der Waals surface area contributed by atoms with Crippen LogP contribution in [-0.4, -0.2) is 24.2 Å². The van der Waals surface area contributed by atoms with E-state index in [1.807, 2.05) is 24.3 Å². The Kier molecular flexibility index (Phi) is 6.41. The molecule has 23 heavy (non-hydrogen) atoms. The summed E-state index contributed by atoms with van der Waals surface area (Å²) >= 11 is 0. The van der Waals surface area contributed by atoms with E-state index in [4.69, 9.17) is 4.74 Å². The Morgan fingerprint density at radius 2 is 2.13 bits per heavy atom. The highest BCUT2D eigenvalue weighted by Gasteiger charge is 2.11. The molecule has 2 unspecified atom stereocenters. The van der Waals surface area contributed by atoms with Crippen molar-refractivity contribution < 1.29 is 14.6 Å². The molecule has 0 saturated heterocycles. The first-order valence-corrected chi connectivity index (χ1v) is 8.13. The average Bonchev–Trinajstić information content (AvgIpc) is 2.59. The zero-order valence-electron chi connectivity index (χ0n) is 13.8. The van der Waals surface area contributed by atoms with E-state index in [0.717, 1.165) is 17.7 Å². The van der Waals surface area contributed by atoms with Crippen LogP contribution in [-0.2, 0) is 4.79 Å². The molecule has 1 amide bonds. The van der Waals surface area contributed by atoms with Gasteiger partial charge in [-0.05, 0) is 35.6 Å². The van der Waals surface area contributed by atoms with Gasteiger partial charge < -0.3 is 15.2 Å². The van der Waals surface area contributed by atoms with Crippen molar-refractivity contribution in [1.29, 1.82) is 0 Å². The fraction of sp³-hybridized carbons (Fsp3) is 0.421. The SMILES string of the molecule is CCC(=O)NCC(O)c1ccc(OCC2=CC=CCC2C)cc1. The van der Waals surface area contributed by atoms with Gasteiger partial charge in [-0.3, -0.25) is 4.79 Å². The maximum absolute atomic E-state index is 11.2. The molecule has 1 aromatic rings. The van der Waals surface area contributed by atoms with Crippen LogP contribution in [0.25, 0.3) is 0 Å². The molecule has 0 bridgehead atoms. The number of carbonyl (C=O) groups is 1. The van der Waals surface area contributed by atoms with E-state index < -0.39 is 6.10 Å². The molecule has 2 rings (SSSR count). The van der Waals surface area contributed by atoms with E-state index in [0.29, 0.717) is 18.9 Å². The Labute approximate surface area is 137 Å². The number of aliphatic hydroxyl groups excluding tert-OH is 1. The van der Waals surface area contributed by atoms with Gasteiger partial charge >= 0.3 is 0 Å². The number of rotatable bonds is 7. The fourth-order valence-corrected chi connectivity index (χ4v) is 2.39. The number of ether oxygens (including phenoxy) is 1. The van der Waals surface area contributed by atoms with Gasteiger partial charge in [0.2, 0.25) is 5.91 Å². The minimum Gasteiger partial charge on any atom is -0.489 e. The summed E-state index contributed by atoms with van der Waals surface area (Å²) < 4.78 is 5.81. The lowest BCUT2D eigenvalue weighted by atomic mass is 9.94. The Morgan fingerprint density at radius 3 is 2.78 bits per heavy atom. The number of allylic oxidation sites excluding steroid dienone is 3. The number of amides is 1. The molecule has 1 aliphatic rings. The predicted octanol–water partition coefficient (Wildman–Crippen LogP) is 3.15. The Hall–Kier alpha value is -2.07. The summed E-state index contributed by atoms with van der Waals surface area (Å²) in [5, 5.41) is 12.7. The summed E-state index contributed by atoms with van der Waals surface area (Å²) in [4.78, 5) is 11.2. The van der Waals surface area contributed by atoms with E-state index in [9.17, 15) is 9.90 Å². The van der Waals surface area contributed by atoms with Crippen molar-refractivity contribution in [3.8, 4) is 5.75 Å². The van der Waals surface area contributed by atoms with E-state index in [2.05, 4.69) is 30.5 Å². The highest BCUT2D eigenvalue weighted by molar-refractivity contribution is 5.75. The van der Waals surface area contributed by atoms with Crippen molar-refractivity contribution in [3.05, 3.63) is 53.6 Å². The Morgan fingerprint density at radius 1 is 1.39 bits per heavy atom. The van der Waals surface area contributed by atoms with Crippen molar-refractivity contribution in [1.82, 2.24) is 5.32 Å². The van der Waals surface area contributed by atoms with E-state index in [-0.39, 0.29) is 12.5 Å². The highest BCUT2D eigenvalue weighted by atomic mass is 16.5. The molecule has 0 radical (unpaired) electrons. The minimum atomic E-state index is -0.703. The summed E-state index contributed by atoms with van der Waals surface area (Å²) in [5.41, 5.74) is 2.06. The van der Waals surface area contributed by atoms with Crippen LogP contribution < -0.4 is 10.1 Å². The van der Waals surface area contributed by atoms with Crippen molar-refractivity contribution in [3.63, 3.8) is 0 Å². The zero-order chi connectivity index (χ0) is 16.7. The van der Waals surface area contributed by atoms with Crippen LogP contribution in [0.2, 0.25) is 0 Å². The third kappa shape index (κ3) is 5.25. The number of benzene rings is 1. The van der Waals surface area contributed by atoms with Crippen molar-refractivity contribution in [2.24, 2.45) is 5.92 Å². The largest absolute Gasteiger partial charge is 0.489 e. The molecule has 1 aliphatic carbocycles. The van der Waals surface area contributed by atoms with E-state index in [1.54, 1.807) is 6.92 Å². The second-order valence-electron chi connectivity index (χ2n) is 5.84. The molecule has 1 aromatic carbocycles. The maximum Gasteiger partial charge on any atom is 0.219 e. The van der Waals surface area contributed by atoms with Crippen molar-refractivity contribution in [2.45, 2.75) is 32.8 Å². The van der Waals surface area contributed by atoms with Gasteiger partial charge in [0, 0.05) is 13.0 Å². The normalized spacial score (nSPS) is 18.2. The van der Waals surface area contributed by atoms with Gasteiger partial charge in [-0.15, -0.1) is 0 Å². The molecule has 0 heterocycles. The van der Waals surface area contributed by atoms with Crippen molar-refractivity contribution in [2.75, 3.05) is 13.2 Å². The molecule has 124 valence electrons. The molecular formula is C19H25NO3. The predicted molar refractivity (Wildman–Crippen MR) is 91.2 cm³/mol. The van der Waals surface area contributed by atoms with Gasteiger partial charge in [-0.25, -0.2) is 0 Å². The van der Waals surface area contributed by atoms with Crippen molar-refractivity contribution >= 4 is 5.91 Å². The third-order valence-corrected chi connectivity index (χ3v) is 4.05. The molecule has 0 saturated carbocycles. The van der Waals surface area contributed by atoms with Gasteiger partial charge in [0.1, 0.15) is 12.4 Å². The highest BCUT2D eigenvalue weighted by Crippen LogP contribution is 2.22. The van der Waals surface area contributed by atoms with Crippen LogP contribution in [0.15, 0.2) is 48.1 Å². The van der Waals surface area contributed by atoms with Gasteiger partial charge in [0.25, 0.3) is 0 Å². The first-order chi connectivity index (χ1) is 11.1. The number of hydrogen-bond donors (Lipinski definition) is 2. The van der Waals surface area contributed by atoms with Gasteiger partial charge in [-0.1, -0.05) is 44.2 Å². The topological polar surface area (TPSA) is 58.6 Å². The molecular weight excluding hydrogens is 290 g/mol. The van der Waals surface area contributed by atoms with Crippen LogP contribution in [0.3, 0.4) is 0 Å². The summed E-state index contributed by atoms with van der Waals surface area (Å²) in [7, 11) is 0. The molecule has 0 fully saturated rings. The molecule has 0 aliphatic heterocycles. The number of nitrogens with one attached hydrogen (secondary N) is 1. The fourth-order valence-electron chi connectivity index (χ4n) is 2.39. The van der Waals surface area contributed by atoms with E-state index in [1.165, 1.54) is 5.57 Å². The molecule has 4 nitrogen and oxygen atoms in total. The first kappa shape index (κ1) is 17.3. The lowest BCUT2D eigenvalue weighted by Crippen LogP contribution is -2.27. The monoisotopic (exact) mass is 315 g/mol. The van der Waals surface area contributed by atoms with Gasteiger partial charge in [0.05, 0.1) is 6.10 Å². The molecule has 2 N–H and O–H groups in total. The molecule has 4 heteroatoms. The molecule has 0 aromatic heterocycles. The third-order valence-electron chi connectivity index (χ3n) is 4.05. The summed E-state index contributed by atoms with van der Waals surface area (Å²) in [5.74, 6) is 1.23. The summed E-state index contributed by atoms with van der Waals surface area (Å²) in [6.45, 7) is 4.79. The summed E-state index contributed by atoms with van der Waals surface area (Å²) in [6, 6.07) is 7.36. The lowest BCUT2D eigenvalue weighted by Gasteiger charge is -2.18. The number of carbonyl (C=O) groups excluding carboxylic acids is 1. The Balaban J connectivity index is 1.85. The van der Waals surface area contributed by atoms with Gasteiger partial charge in [0.15, 0.2) is 0 Å². The second-order valence-corrected chi connectivity index (χ2v) is 5.84. The average molecular weight is 315 g/mol. The quantitative estimate of drug-likeness (QED) is 0.812. The number of aliphatic hydroxyl groups is 1. The standard InChI is InChI=1S/C19H25NO3/c1-3-19(22)20-12-18(21)15-8-10-17(11-9-15)23-13-16-7-5-4-6-14(16)2/h4-5,7-11,14,18,21H,3,6,12-13H2,1-2H3,(H,20,22). The minimum absolute atomic E-state index is 0.0621. The van der Waals surface area contributed by atoms with Crippen LogP contribution in [0.1, 0.15) is 38.4 Å². The second kappa shape index (κ2) is 8.53. The zero-order valence-corrected chi connectivity index (χ0v) is 13.8. The number of hydrogen-bond acceptors (Lipinski definition) is 3. The molecule has 0 spiro atoms. The lowest BCUT2D eigenvalue weighted by molar-refractivity contribution is -0.121. The van der Waals surface area contributed by atoms with Crippen LogP contribution in [0.5, 0.6) is 5.75 Å². The van der Waals surface area contributed by atoms with Gasteiger partial charge in [-0.2, -0.15) is 0 Å². The van der Waals surface area contributed by atoms with Crippen LogP contribution in [0.4, 0.5) is 0 Å². The summed E-state index contributed by atoms with van der Waals surface area (Å²) in [6.07, 6.45) is 7.13.